The summed E-state index contributed by atoms with van der Waals surface area (Å²) in [5.74, 6) is -2.20. The van der Waals surface area contributed by atoms with Crippen molar-refractivity contribution < 1.29 is 29.4 Å². The highest BCUT2D eigenvalue weighted by Crippen LogP contribution is 2.06. The summed E-state index contributed by atoms with van der Waals surface area (Å²) in [6.07, 6.45) is 7.23. The van der Waals surface area contributed by atoms with Crippen LogP contribution in [-0.4, -0.2) is 98.7 Å². The van der Waals surface area contributed by atoms with Gasteiger partial charge in [-0.05, 0) is 36.9 Å². The number of carboxylic acid groups (broad SMARTS) is 1. The molecule has 0 saturated carbocycles. The van der Waals surface area contributed by atoms with E-state index >= 15 is 0 Å². The van der Waals surface area contributed by atoms with E-state index in [0.717, 1.165) is 0 Å². The molecular formula is C19H32N6O6S2. The van der Waals surface area contributed by atoms with Crippen LogP contribution in [0.2, 0.25) is 0 Å². The van der Waals surface area contributed by atoms with Crippen LogP contribution in [-0.2, 0) is 25.6 Å². The van der Waals surface area contributed by atoms with Gasteiger partial charge in [0, 0.05) is 18.3 Å². The van der Waals surface area contributed by atoms with E-state index in [9.17, 15) is 29.4 Å². The number of aromatic nitrogens is 2. The summed E-state index contributed by atoms with van der Waals surface area (Å²) in [5, 5.41) is 26.3. The maximum atomic E-state index is 12.7. The second-order valence-corrected chi connectivity index (χ2v) is 9.13. The van der Waals surface area contributed by atoms with E-state index < -0.39 is 54.5 Å². The molecule has 3 amide bonds. The van der Waals surface area contributed by atoms with E-state index in [0.29, 0.717) is 17.2 Å². The van der Waals surface area contributed by atoms with Crippen molar-refractivity contribution in [3.63, 3.8) is 0 Å². The lowest BCUT2D eigenvalue weighted by Gasteiger charge is -2.24. The maximum Gasteiger partial charge on any atom is 0.326 e. The minimum atomic E-state index is -1.33. The number of nitrogens with one attached hydrogen (secondary N) is 4. The molecule has 8 N–H and O–H groups in total. The normalized spacial score (nSPS) is 14.5. The first-order valence-electron chi connectivity index (χ1n) is 10.2. The molecule has 0 spiro atoms. The van der Waals surface area contributed by atoms with E-state index in [2.05, 4.69) is 25.9 Å². The fourth-order valence-corrected chi connectivity index (χ4v) is 3.68. The summed E-state index contributed by atoms with van der Waals surface area (Å²) in [7, 11) is 0. The molecule has 0 aliphatic rings. The lowest BCUT2D eigenvalue weighted by atomic mass is 10.1. The third-order valence-corrected chi connectivity index (χ3v) is 5.90. The molecule has 1 aromatic rings. The zero-order valence-corrected chi connectivity index (χ0v) is 20.2. The quantitative estimate of drug-likeness (QED) is 0.136. The molecule has 186 valence electrons. The highest BCUT2D eigenvalue weighted by molar-refractivity contribution is 7.98. The molecular weight excluding hydrogens is 472 g/mol. The van der Waals surface area contributed by atoms with Gasteiger partial charge in [0.1, 0.15) is 18.1 Å². The van der Waals surface area contributed by atoms with Crippen LogP contribution >= 0.6 is 23.5 Å². The molecule has 4 atom stereocenters. The Kier molecular flexibility index (Phi) is 13.5. The average Bonchev–Trinajstić information content (AvgIpc) is 3.29. The number of carboxylic acids is 1. The monoisotopic (exact) mass is 504 g/mol. The molecule has 1 aromatic heterocycles. The lowest BCUT2D eigenvalue weighted by molar-refractivity contribution is -0.142. The molecule has 14 heteroatoms. The van der Waals surface area contributed by atoms with E-state index in [1.54, 1.807) is 0 Å². The van der Waals surface area contributed by atoms with Gasteiger partial charge in [-0.3, -0.25) is 14.4 Å². The molecule has 12 nitrogen and oxygen atoms in total. The zero-order valence-electron chi connectivity index (χ0n) is 18.6. The smallest absolute Gasteiger partial charge is 0.326 e. The Hall–Kier alpha value is -2.29. The van der Waals surface area contributed by atoms with Gasteiger partial charge >= 0.3 is 5.97 Å². The molecule has 0 saturated heterocycles. The third-order valence-electron chi connectivity index (χ3n) is 4.62. The van der Waals surface area contributed by atoms with E-state index in [4.69, 9.17) is 5.73 Å². The molecule has 0 aliphatic carbocycles. The van der Waals surface area contributed by atoms with Crippen molar-refractivity contribution in [1.82, 2.24) is 25.9 Å². The number of hydrogen-bond acceptors (Lipinski definition) is 9. The predicted molar refractivity (Wildman–Crippen MR) is 127 cm³/mol. The van der Waals surface area contributed by atoms with Crippen LogP contribution in [0.4, 0.5) is 0 Å². The van der Waals surface area contributed by atoms with Crippen molar-refractivity contribution in [2.45, 2.75) is 43.4 Å². The minimum absolute atomic E-state index is 0.150. The first-order valence-corrected chi connectivity index (χ1v) is 13.0. The van der Waals surface area contributed by atoms with Crippen molar-refractivity contribution in [3.8, 4) is 0 Å². The second kappa shape index (κ2) is 15.5. The maximum absolute atomic E-state index is 12.7. The van der Waals surface area contributed by atoms with Crippen LogP contribution in [0.3, 0.4) is 0 Å². The Labute approximate surface area is 200 Å². The fraction of sp³-hybridized carbons (Fsp3) is 0.632. The van der Waals surface area contributed by atoms with Crippen molar-refractivity contribution >= 4 is 47.2 Å². The van der Waals surface area contributed by atoms with Crippen molar-refractivity contribution in [2.75, 3.05) is 30.6 Å². The van der Waals surface area contributed by atoms with E-state index in [1.165, 1.54) is 36.0 Å². The predicted octanol–water partition coefficient (Wildman–Crippen LogP) is -1.68. The molecule has 0 aromatic carbocycles. The Morgan fingerprint density at radius 2 is 1.55 bits per heavy atom. The van der Waals surface area contributed by atoms with Crippen LogP contribution in [0, 0.1) is 0 Å². The Morgan fingerprint density at radius 3 is 2.06 bits per heavy atom. The van der Waals surface area contributed by atoms with Gasteiger partial charge in [0.2, 0.25) is 17.7 Å². The van der Waals surface area contributed by atoms with Crippen molar-refractivity contribution in [3.05, 3.63) is 18.2 Å². The molecule has 33 heavy (non-hydrogen) atoms. The van der Waals surface area contributed by atoms with Gasteiger partial charge in [0.05, 0.1) is 19.0 Å². The van der Waals surface area contributed by atoms with Gasteiger partial charge in [0.15, 0.2) is 0 Å². The molecule has 0 aliphatic heterocycles. The number of aliphatic hydroxyl groups excluding tert-OH is 1. The minimum Gasteiger partial charge on any atom is -0.480 e. The number of H-pyrrole nitrogens is 1. The number of aliphatic hydroxyl groups is 1. The summed E-state index contributed by atoms with van der Waals surface area (Å²) < 4.78 is 0. The molecule has 0 fully saturated rings. The van der Waals surface area contributed by atoms with Crippen LogP contribution in [0.15, 0.2) is 12.5 Å². The number of imidazole rings is 1. The summed E-state index contributed by atoms with van der Waals surface area (Å²) >= 11 is 2.90. The number of carbonyl (C=O) groups excluding carboxylic acids is 3. The van der Waals surface area contributed by atoms with Gasteiger partial charge < -0.3 is 36.9 Å². The second-order valence-electron chi connectivity index (χ2n) is 7.15. The van der Waals surface area contributed by atoms with Gasteiger partial charge in [-0.1, -0.05) is 0 Å². The number of rotatable bonds is 16. The van der Waals surface area contributed by atoms with Crippen molar-refractivity contribution in [2.24, 2.45) is 5.73 Å². The average molecular weight is 505 g/mol. The molecule has 0 bridgehead atoms. The molecule has 1 rings (SSSR count). The van der Waals surface area contributed by atoms with Crippen LogP contribution in [0.1, 0.15) is 18.5 Å². The molecule has 4 unspecified atom stereocenters. The summed E-state index contributed by atoms with van der Waals surface area (Å²) in [4.78, 5) is 55.8. The largest absolute Gasteiger partial charge is 0.480 e. The summed E-state index contributed by atoms with van der Waals surface area (Å²) in [6, 6.07) is -4.45. The first-order chi connectivity index (χ1) is 15.7. The highest BCUT2D eigenvalue weighted by Gasteiger charge is 2.29. The number of thioether (sulfide) groups is 2. The third kappa shape index (κ3) is 10.5. The first kappa shape index (κ1) is 28.7. The van der Waals surface area contributed by atoms with Gasteiger partial charge in [-0.25, -0.2) is 9.78 Å². The lowest BCUT2D eigenvalue weighted by Crippen LogP contribution is -2.58. The Balaban J connectivity index is 2.77. The van der Waals surface area contributed by atoms with E-state index in [-0.39, 0.29) is 19.3 Å². The number of carbonyl (C=O) groups is 4. The van der Waals surface area contributed by atoms with Gasteiger partial charge in [0.25, 0.3) is 0 Å². The van der Waals surface area contributed by atoms with Gasteiger partial charge in [-0.2, -0.15) is 23.5 Å². The zero-order chi connectivity index (χ0) is 24.8. The van der Waals surface area contributed by atoms with Crippen LogP contribution < -0.4 is 21.7 Å². The summed E-state index contributed by atoms with van der Waals surface area (Å²) in [6.45, 7) is -0.712. The summed E-state index contributed by atoms with van der Waals surface area (Å²) in [5.41, 5.74) is 6.48. The standard InChI is InChI=1S/C19H32N6O6S2/c1-32-5-3-13(17(28)24-14(19(30)31)4-6-33-2)23-18(29)15(9-26)25-16(27)12(20)7-11-8-21-10-22-11/h8,10,12-15,26H,3-7,9,20H2,1-2H3,(H,21,22)(H,23,29)(H,24,28)(H,25,27)(H,30,31). The number of hydrogen-bond donors (Lipinski definition) is 7. The van der Waals surface area contributed by atoms with Crippen molar-refractivity contribution in [1.29, 1.82) is 0 Å². The number of nitrogens with two attached hydrogens (primary N) is 1. The van der Waals surface area contributed by atoms with E-state index in [1.807, 2.05) is 12.5 Å². The Morgan fingerprint density at radius 1 is 1.00 bits per heavy atom. The fourth-order valence-electron chi connectivity index (χ4n) is 2.74. The topological polar surface area (TPSA) is 200 Å². The number of nitrogens with zero attached hydrogens (tertiary/aromatic N) is 1. The highest BCUT2D eigenvalue weighted by atomic mass is 32.2. The van der Waals surface area contributed by atoms with Crippen LogP contribution in [0.25, 0.3) is 0 Å². The number of amides is 3. The van der Waals surface area contributed by atoms with Crippen LogP contribution in [0.5, 0.6) is 0 Å². The molecule has 0 radical (unpaired) electrons. The van der Waals surface area contributed by atoms with Gasteiger partial charge in [-0.15, -0.1) is 0 Å². The number of aliphatic carboxylic acids is 1. The SMILES string of the molecule is CSCCC(NC(=O)C(CCSC)NC(=O)C(CO)NC(=O)C(N)Cc1cnc[nH]1)C(=O)O. The Bertz CT molecular complexity index is 766. The number of aromatic amines is 1. The molecule has 1 heterocycles.